The number of carboxylic acid groups (broad SMARTS) is 1. The lowest BCUT2D eigenvalue weighted by Gasteiger charge is -1.98. The maximum Gasteiger partial charge on any atom is 0.333 e. The molecule has 0 atom stereocenters. The Labute approximate surface area is 82.6 Å². The maximum absolute atomic E-state index is 10.6. The van der Waals surface area contributed by atoms with Gasteiger partial charge in [0.25, 0.3) is 5.97 Å². The molecule has 0 aliphatic heterocycles. The molecule has 14 heavy (non-hydrogen) atoms. The Balaban J connectivity index is 0. The summed E-state index contributed by atoms with van der Waals surface area (Å²) in [4.78, 5) is 19.6. The minimum Gasteiger partial charge on any atom is -0.481 e. The fourth-order valence-corrected chi connectivity index (χ4v) is 0.313. The van der Waals surface area contributed by atoms with Crippen LogP contribution in [0.3, 0.4) is 0 Å². The van der Waals surface area contributed by atoms with Crippen molar-refractivity contribution in [3.05, 3.63) is 12.2 Å². The molecule has 0 fully saturated rings. The number of nitriles is 1. The molecule has 0 saturated carbocycles. The van der Waals surface area contributed by atoms with E-state index in [1.807, 2.05) is 6.07 Å². The maximum atomic E-state index is 10.6. The van der Waals surface area contributed by atoms with Gasteiger partial charge < -0.3 is 9.84 Å². The van der Waals surface area contributed by atoms with Crippen molar-refractivity contribution in [2.24, 2.45) is 0 Å². The van der Waals surface area contributed by atoms with Gasteiger partial charge in [-0.15, -0.1) is 0 Å². The first-order valence-electron chi connectivity index (χ1n) is 3.81. The molecule has 0 unspecified atom stereocenters. The topological polar surface area (TPSA) is 87.4 Å². The number of hydrogen-bond acceptors (Lipinski definition) is 4. The van der Waals surface area contributed by atoms with Crippen molar-refractivity contribution >= 4 is 11.9 Å². The molecule has 0 heterocycles. The molecule has 0 saturated heterocycles. The summed E-state index contributed by atoms with van der Waals surface area (Å²) < 4.78 is 4.58. The number of aliphatic carboxylic acids is 1. The van der Waals surface area contributed by atoms with Crippen molar-refractivity contribution in [3.63, 3.8) is 0 Å². The van der Waals surface area contributed by atoms with E-state index in [0.717, 1.165) is 6.92 Å². The Morgan fingerprint density at radius 2 is 1.93 bits per heavy atom. The Morgan fingerprint density at radius 1 is 1.50 bits per heavy atom. The minimum absolute atomic E-state index is 0.155. The van der Waals surface area contributed by atoms with Gasteiger partial charge in [0, 0.05) is 12.5 Å². The normalized spacial score (nSPS) is 7.50. The third kappa shape index (κ3) is 16.6. The molecule has 5 nitrogen and oxygen atoms in total. The summed E-state index contributed by atoms with van der Waals surface area (Å²) in [5.41, 5.74) is 0.359. The molecule has 0 amide bonds. The van der Waals surface area contributed by atoms with Gasteiger partial charge in [0.15, 0.2) is 0 Å². The van der Waals surface area contributed by atoms with Crippen LogP contribution >= 0.6 is 0 Å². The first kappa shape index (κ1) is 14.7. The predicted octanol–water partition coefficient (Wildman–Crippen LogP) is 1.11. The van der Waals surface area contributed by atoms with E-state index >= 15 is 0 Å². The highest BCUT2D eigenvalue weighted by molar-refractivity contribution is 5.86. The summed E-state index contributed by atoms with van der Waals surface area (Å²) in [7, 11) is 0. The highest BCUT2D eigenvalue weighted by Crippen LogP contribution is 1.91. The van der Waals surface area contributed by atoms with Crippen molar-refractivity contribution in [1.82, 2.24) is 0 Å². The van der Waals surface area contributed by atoms with Crippen LogP contribution in [0.25, 0.3) is 0 Å². The molecule has 0 rings (SSSR count). The van der Waals surface area contributed by atoms with Gasteiger partial charge >= 0.3 is 5.97 Å². The number of carbonyl (C=O) groups excluding carboxylic acids is 1. The third-order valence-corrected chi connectivity index (χ3v) is 0.795. The number of rotatable bonds is 3. The highest BCUT2D eigenvalue weighted by atomic mass is 16.5. The summed E-state index contributed by atoms with van der Waals surface area (Å²) >= 11 is 0. The Morgan fingerprint density at radius 3 is 2.21 bits per heavy atom. The molecule has 0 bridgehead atoms. The lowest BCUT2D eigenvalue weighted by atomic mass is 10.4. The van der Waals surface area contributed by atoms with E-state index in [9.17, 15) is 4.79 Å². The molecule has 0 spiro atoms. The SMILES string of the molecule is C=C(C)C(=O)OCCC#N.CC(=O)O. The van der Waals surface area contributed by atoms with E-state index in [-0.39, 0.29) is 13.0 Å². The zero-order valence-corrected chi connectivity index (χ0v) is 8.24. The fourth-order valence-electron chi connectivity index (χ4n) is 0.313. The Hall–Kier alpha value is -1.83. The van der Waals surface area contributed by atoms with E-state index in [4.69, 9.17) is 15.2 Å². The third-order valence-electron chi connectivity index (χ3n) is 0.795. The molecule has 78 valence electrons. The zero-order chi connectivity index (χ0) is 11.6. The van der Waals surface area contributed by atoms with Crippen LogP contribution in [0.2, 0.25) is 0 Å². The number of nitrogens with zero attached hydrogens (tertiary/aromatic N) is 1. The first-order chi connectivity index (χ1) is 6.41. The van der Waals surface area contributed by atoms with E-state index in [1.54, 1.807) is 6.92 Å². The van der Waals surface area contributed by atoms with E-state index < -0.39 is 11.9 Å². The quantitative estimate of drug-likeness (QED) is 0.418. The van der Waals surface area contributed by atoms with Gasteiger partial charge in [-0.05, 0) is 6.92 Å². The zero-order valence-electron chi connectivity index (χ0n) is 8.24. The molecular formula is C9H13NO4. The van der Waals surface area contributed by atoms with Gasteiger partial charge in [0.2, 0.25) is 0 Å². The standard InChI is InChI=1S/C7H9NO2.C2H4O2/c1-6(2)7(9)10-5-3-4-8;1-2(3)4/h1,3,5H2,2H3;1H3,(H,3,4). The van der Waals surface area contributed by atoms with Crippen LogP contribution in [-0.4, -0.2) is 23.7 Å². The molecule has 5 heteroatoms. The fraction of sp³-hybridized carbons (Fsp3) is 0.444. The van der Waals surface area contributed by atoms with Gasteiger partial charge in [0.05, 0.1) is 12.5 Å². The summed E-state index contributed by atoms with van der Waals surface area (Å²) in [5, 5.41) is 15.5. The highest BCUT2D eigenvalue weighted by Gasteiger charge is 2.00. The second-order valence-corrected chi connectivity index (χ2v) is 2.34. The molecule has 0 radical (unpaired) electrons. The largest absolute Gasteiger partial charge is 0.481 e. The van der Waals surface area contributed by atoms with Gasteiger partial charge in [-0.2, -0.15) is 5.26 Å². The van der Waals surface area contributed by atoms with Gasteiger partial charge in [0.1, 0.15) is 6.61 Å². The van der Waals surface area contributed by atoms with Crippen molar-refractivity contribution in [2.75, 3.05) is 6.61 Å². The van der Waals surface area contributed by atoms with Crippen LogP contribution < -0.4 is 0 Å². The minimum atomic E-state index is -0.833. The van der Waals surface area contributed by atoms with Crippen molar-refractivity contribution in [3.8, 4) is 6.07 Å². The average Bonchev–Trinajstić information content (AvgIpc) is 2.03. The van der Waals surface area contributed by atoms with Crippen molar-refractivity contribution in [1.29, 1.82) is 5.26 Å². The summed E-state index contributed by atoms with van der Waals surface area (Å²) in [5.74, 6) is -1.27. The monoisotopic (exact) mass is 199 g/mol. The average molecular weight is 199 g/mol. The van der Waals surface area contributed by atoms with Gasteiger partial charge in [-0.25, -0.2) is 4.79 Å². The number of esters is 1. The number of carbonyl (C=O) groups is 2. The molecule has 1 N–H and O–H groups in total. The molecule has 0 aliphatic carbocycles. The van der Waals surface area contributed by atoms with E-state index in [2.05, 4.69) is 11.3 Å². The summed E-state index contributed by atoms with van der Waals surface area (Å²) in [6, 6.07) is 1.86. The second kappa shape index (κ2) is 9.26. The van der Waals surface area contributed by atoms with E-state index in [1.165, 1.54) is 0 Å². The molecule has 0 aromatic carbocycles. The second-order valence-electron chi connectivity index (χ2n) is 2.34. The van der Waals surface area contributed by atoms with Crippen LogP contribution in [0.5, 0.6) is 0 Å². The summed E-state index contributed by atoms with van der Waals surface area (Å²) in [6.07, 6.45) is 0.235. The predicted molar refractivity (Wildman–Crippen MR) is 49.3 cm³/mol. The number of hydrogen-bond donors (Lipinski definition) is 1. The Bertz CT molecular complexity index is 248. The summed E-state index contributed by atoms with van der Waals surface area (Å²) in [6.45, 7) is 6.18. The van der Waals surface area contributed by atoms with Crippen LogP contribution in [0.4, 0.5) is 0 Å². The number of ether oxygens (including phenoxy) is 1. The van der Waals surface area contributed by atoms with Crippen LogP contribution in [0.1, 0.15) is 20.3 Å². The van der Waals surface area contributed by atoms with Crippen molar-refractivity contribution < 1.29 is 19.4 Å². The van der Waals surface area contributed by atoms with Gasteiger partial charge in [-0.3, -0.25) is 4.79 Å². The van der Waals surface area contributed by atoms with Crippen molar-refractivity contribution in [2.45, 2.75) is 20.3 Å². The molecule has 0 aliphatic rings. The Kier molecular flexibility index (Phi) is 9.71. The van der Waals surface area contributed by atoms with E-state index in [0.29, 0.717) is 5.57 Å². The smallest absolute Gasteiger partial charge is 0.333 e. The van der Waals surface area contributed by atoms with Crippen LogP contribution in [0, 0.1) is 11.3 Å². The van der Waals surface area contributed by atoms with Crippen LogP contribution in [0.15, 0.2) is 12.2 Å². The first-order valence-corrected chi connectivity index (χ1v) is 3.81. The van der Waals surface area contributed by atoms with Gasteiger partial charge in [-0.1, -0.05) is 6.58 Å². The molecule has 0 aromatic rings. The molecule has 0 aromatic heterocycles. The lowest BCUT2D eigenvalue weighted by Crippen LogP contribution is -2.05. The lowest BCUT2D eigenvalue weighted by molar-refractivity contribution is -0.138. The number of carboxylic acids is 1. The molecular weight excluding hydrogens is 186 g/mol. The van der Waals surface area contributed by atoms with Crippen LogP contribution in [-0.2, 0) is 14.3 Å².